The van der Waals surface area contributed by atoms with Gasteiger partial charge in [-0.25, -0.2) is 9.37 Å². The van der Waals surface area contributed by atoms with Gasteiger partial charge >= 0.3 is 0 Å². The van der Waals surface area contributed by atoms with E-state index >= 15 is 0 Å². The van der Waals surface area contributed by atoms with Gasteiger partial charge in [0, 0.05) is 21.4 Å². The summed E-state index contributed by atoms with van der Waals surface area (Å²) in [4.78, 5) is 4.75. The van der Waals surface area contributed by atoms with Gasteiger partial charge in [0.2, 0.25) is 0 Å². The first kappa shape index (κ1) is 25.3. The molecule has 3 aromatic carbocycles. The highest BCUT2D eigenvalue weighted by atomic mass is 35.5. The standard InChI is InChI=1S/C26H18Cl5FN2S/c1-2-26(14-6-8-19(29)20(30)10-14)23-12-33-25(35-13-17-18(28)4-3-5-21(17)32)34(23)22-9-7-15(27)11-16(22)24(26)31/h3-12,24H,2,13H2,1H3. The van der Waals surface area contributed by atoms with E-state index in [1.165, 1.54) is 17.8 Å². The second-order valence-corrected chi connectivity index (χ2v) is 11.3. The lowest BCUT2D eigenvalue weighted by molar-refractivity contribution is 0.435. The summed E-state index contributed by atoms with van der Waals surface area (Å²) >= 11 is 34.0. The van der Waals surface area contributed by atoms with Crippen molar-refractivity contribution in [3.05, 3.63) is 109 Å². The Morgan fingerprint density at radius 1 is 1.00 bits per heavy atom. The summed E-state index contributed by atoms with van der Waals surface area (Å²) in [6, 6.07) is 15.9. The predicted molar refractivity (Wildman–Crippen MR) is 146 cm³/mol. The van der Waals surface area contributed by atoms with Crippen molar-refractivity contribution in [1.29, 1.82) is 0 Å². The van der Waals surface area contributed by atoms with Crippen molar-refractivity contribution in [2.45, 2.75) is 35.0 Å². The van der Waals surface area contributed by atoms with E-state index in [1.54, 1.807) is 18.2 Å². The number of alkyl halides is 1. The lowest BCUT2D eigenvalue weighted by atomic mass is 9.69. The molecule has 0 amide bonds. The van der Waals surface area contributed by atoms with Crippen molar-refractivity contribution in [2.24, 2.45) is 0 Å². The van der Waals surface area contributed by atoms with Crippen LogP contribution in [0.1, 0.15) is 41.1 Å². The highest BCUT2D eigenvalue weighted by Gasteiger charge is 2.48. The zero-order valence-electron chi connectivity index (χ0n) is 18.3. The number of benzene rings is 3. The van der Waals surface area contributed by atoms with Crippen molar-refractivity contribution in [1.82, 2.24) is 9.55 Å². The number of hydrogen-bond acceptors (Lipinski definition) is 2. The molecule has 2 atom stereocenters. The summed E-state index contributed by atoms with van der Waals surface area (Å²) in [5.74, 6) is -0.0247. The summed E-state index contributed by atoms with van der Waals surface area (Å²) in [5, 5.41) is 2.15. The number of aromatic nitrogens is 2. The van der Waals surface area contributed by atoms with Gasteiger partial charge < -0.3 is 0 Å². The van der Waals surface area contributed by atoms with Crippen LogP contribution in [0.4, 0.5) is 4.39 Å². The first-order valence-corrected chi connectivity index (χ1v) is 13.7. The molecule has 0 saturated heterocycles. The molecule has 1 aromatic heterocycles. The average Bonchev–Trinajstić information content (AvgIpc) is 3.26. The van der Waals surface area contributed by atoms with Gasteiger partial charge in [0.1, 0.15) is 5.82 Å². The molecule has 180 valence electrons. The second kappa shape index (κ2) is 9.81. The molecule has 0 saturated carbocycles. The van der Waals surface area contributed by atoms with E-state index in [2.05, 4.69) is 11.5 Å². The van der Waals surface area contributed by atoms with Crippen LogP contribution in [-0.4, -0.2) is 9.55 Å². The van der Waals surface area contributed by atoms with Crippen LogP contribution in [0.25, 0.3) is 5.69 Å². The normalized spacial score (nSPS) is 18.9. The first-order valence-electron chi connectivity index (χ1n) is 10.8. The van der Waals surface area contributed by atoms with Gasteiger partial charge in [-0.05, 0) is 60.0 Å². The Hall–Kier alpha value is -1.40. The molecule has 9 heteroatoms. The zero-order chi connectivity index (χ0) is 24.9. The minimum absolute atomic E-state index is 0.321. The van der Waals surface area contributed by atoms with Gasteiger partial charge in [0.05, 0.1) is 38.4 Å². The zero-order valence-corrected chi connectivity index (χ0v) is 22.9. The van der Waals surface area contributed by atoms with Crippen molar-refractivity contribution in [3.8, 4) is 5.69 Å². The fourth-order valence-electron chi connectivity index (χ4n) is 4.75. The van der Waals surface area contributed by atoms with E-state index in [0.29, 0.717) is 43.0 Å². The van der Waals surface area contributed by atoms with Crippen LogP contribution in [0.3, 0.4) is 0 Å². The van der Waals surface area contributed by atoms with Crippen LogP contribution in [0.2, 0.25) is 20.1 Å². The van der Waals surface area contributed by atoms with E-state index < -0.39 is 10.8 Å². The maximum absolute atomic E-state index is 14.4. The number of fused-ring (bicyclic) bond motifs is 3. The van der Waals surface area contributed by atoms with E-state index in [0.717, 1.165) is 22.5 Å². The SMILES string of the molecule is CCC1(c2ccc(Cl)c(Cl)c2)c2cnc(SCc3c(F)cccc3Cl)n2-c2ccc(Cl)cc2C1Cl. The lowest BCUT2D eigenvalue weighted by Gasteiger charge is -2.43. The molecular weight excluding hydrogens is 569 g/mol. The fourth-order valence-corrected chi connectivity index (χ4v) is 7.13. The molecule has 4 aromatic rings. The minimum atomic E-state index is -0.658. The maximum atomic E-state index is 14.4. The topological polar surface area (TPSA) is 17.8 Å². The predicted octanol–water partition coefficient (Wildman–Crippen LogP) is 9.91. The van der Waals surface area contributed by atoms with Crippen LogP contribution in [0.5, 0.6) is 0 Å². The third-order valence-corrected chi connectivity index (χ3v) is 9.44. The Labute approximate surface area is 232 Å². The van der Waals surface area contributed by atoms with Crippen LogP contribution in [0.15, 0.2) is 66.0 Å². The van der Waals surface area contributed by atoms with Gasteiger partial charge in [-0.2, -0.15) is 0 Å². The molecule has 0 N–H and O–H groups in total. The van der Waals surface area contributed by atoms with E-state index in [9.17, 15) is 4.39 Å². The van der Waals surface area contributed by atoms with Crippen molar-refractivity contribution >= 4 is 69.8 Å². The summed E-state index contributed by atoms with van der Waals surface area (Å²) < 4.78 is 16.5. The monoisotopic (exact) mass is 584 g/mol. The highest BCUT2D eigenvalue weighted by Crippen LogP contribution is 2.56. The number of halogens is 6. The Bertz CT molecular complexity index is 1420. The molecule has 2 unspecified atom stereocenters. The number of hydrogen-bond donors (Lipinski definition) is 0. The number of imidazole rings is 1. The average molecular weight is 587 g/mol. The molecule has 0 fully saturated rings. The molecule has 0 radical (unpaired) electrons. The first-order chi connectivity index (χ1) is 16.8. The molecule has 1 aliphatic rings. The molecule has 5 rings (SSSR count). The maximum Gasteiger partial charge on any atom is 0.173 e. The number of rotatable bonds is 5. The summed E-state index contributed by atoms with van der Waals surface area (Å²) in [6.07, 6.45) is 2.50. The van der Waals surface area contributed by atoms with Gasteiger partial charge in [-0.3, -0.25) is 4.57 Å². The van der Waals surface area contributed by atoms with E-state index in [1.807, 2.05) is 36.5 Å². The molecule has 2 nitrogen and oxygen atoms in total. The Kier molecular flexibility index (Phi) is 7.08. The smallest absolute Gasteiger partial charge is 0.173 e. The van der Waals surface area contributed by atoms with Crippen LogP contribution in [-0.2, 0) is 11.2 Å². The Morgan fingerprint density at radius 3 is 2.51 bits per heavy atom. The molecule has 1 aliphatic heterocycles. The van der Waals surface area contributed by atoms with Crippen molar-refractivity contribution in [3.63, 3.8) is 0 Å². The van der Waals surface area contributed by atoms with Gasteiger partial charge in [0.15, 0.2) is 5.16 Å². The molecular formula is C26H18Cl5FN2S. The number of nitrogens with zero attached hydrogens (tertiary/aromatic N) is 2. The third-order valence-electron chi connectivity index (χ3n) is 6.52. The summed E-state index contributed by atoms with van der Waals surface area (Å²) in [5.41, 5.74) is 3.38. The van der Waals surface area contributed by atoms with Crippen molar-refractivity contribution < 1.29 is 4.39 Å². The van der Waals surface area contributed by atoms with Gasteiger partial charge in [-0.1, -0.05) is 77.2 Å². The second-order valence-electron chi connectivity index (χ2n) is 8.27. The Morgan fingerprint density at radius 2 is 1.80 bits per heavy atom. The molecule has 35 heavy (non-hydrogen) atoms. The molecule has 0 bridgehead atoms. The third kappa shape index (κ3) is 4.17. The molecule has 0 aliphatic carbocycles. The highest BCUT2D eigenvalue weighted by molar-refractivity contribution is 7.98. The van der Waals surface area contributed by atoms with E-state index in [4.69, 9.17) is 63.0 Å². The summed E-state index contributed by atoms with van der Waals surface area (Å²) in [7, 11) is 0. The molecule has 0 spiro atoms. The quantitative estimate of drug-likeness (QED) is 0.171. The number of thioether (sulfide) groups is 1. The van der Waals surface area contributed by atoms with E-state index in [-0.39, 0.29) is 5.82 Å². The molecule has 2 heterocycles. The van der Waals surface area contributed by atoms with Crippen LogP contribution >= 0.6 is 69.8 Å². The van der Waals surface area contributed by atoms with Crippen molar-refractivity contribution in [2.75, 3.05) is 0 Å². The summed E-state index contributed by atoms with van der Waals surface area (Å²) in [6.45, 7) is 2.08. The Balaban J connectivity index is 1.70. The largest absolute Gasteiger partial charge is 0.291 e. The van der Waals surface area contributed by atoms with Crippen LogP contribution < -0.4 is 0 Å². The fraction of sp³-hybridized carbons (Fsp3) is 0.192. The van der Waals surface area contributed by atoms with Crippen LogP contribution in [0, 0.1) is 5.82 Å². The lowest BCUT2D eigenvalue weighted by Crippen LogP contribution is -2.38. The van der Waals surface area contributed by atoms with Gasteiger partial charge in [-0.15, -0.1) is 11.6 Å². The van der Waals surface area contributed by atoms with Gasteiger partial charge in [0.25, 0.3) is 0 Å². The minimum Gasteiger partial charge on any atom is -0.291 e.